The molecule has 0 bridgehead atoms. The number of β-amino-alcohol motifs (C(OH)–C–C–N with tert-alkyl or cyclic N) is 1. The number of hydrogen-bond acceptors (Lipinski definition) is 12. The number of aliphatic hydroxyl groups is 1. The van der Waals surface area contributed by atoms with E-state index in [-0.39, 0.29) is 19.0 Å². The lowest BCUT2D eigenvalue weighted by molar-refractivity contribution is -0.146. The molecule has 1 atom stereocenters. The number of ether oxygens (including phenoxy) is 3. The highest BCUT2D eigenvalue weighted by molar-refractivity contribution is 7.18. The molecule has 0 spiro atoms. The lowest BCUT2D eigenvalue weighted by Gasteiger charge is -2.34. The highest BCUT2D eigenvalue weighted by Gasteiger charge is 2.25. The van der Waals surface area contributed by atoms with E-state index >= 15 is 0 Å². The molecule has 3 heterocycles. The molecule has 12 heteroatoms. The Balaban J connectivity index is 1.04. The van der Waals surface area contributed by atoms with E-state index in [9.17, 15) is 9.90 Å². The van der Waals surface area contributed by atoms with Crippen LogP contribution >= 0.6 is 11.3 Å². The van der Waals surface area contributed by atoms with Crippen molar-refractivity contribution in [1.82, 2.24) is 24.9 Å². The molecule has 2 aromatic carbocycles. The minimum absolute atomic E-state index is 0.158. The van der Waals surface area contributed by atoms with E-state index in [0.29, 0.717) is 37.2 Å². The second-order valence-corrected chi connectivity index (χ2v) is 12.5. The fourth-order valence-corrected chi connectivity index (χ4v) is 5.81. The van der Waals surface area contributed by atoms with E-state index in [1.807, 2.05) is 63.2 Å². The smallest absolute Gasteiger partial charge is 0.309 e. The van der Waals surface area contributed by atoms with E-state index in [4.69, 9.17) is 18.7 Å². The Labute approximate surface area is 255 Å². The van der Waals surface area contributed by atoms with E-state index in [0.717, 1.165) is 52.7 Å². The number of rotatable bonds is 13. The minimum Gasteiger partial charge on any atom is -0.491 e. The molecule has 0 amide bonds. The minimum atomic E-state index is -0.695. The Kier molecular flexibility index (Phi) is 9.91. The number of nitrogens with zero attached hydrogens (tertiary/aromatic N) is 5. The highest BCUT2D eigenvalue weighted by Crippen LogP contribution is 2.27. The first-order valence-corrected chi connectivity index (χ1v) is 15.4. The summed E-state index contributed by atoms with van der Waals surface area (Å²) in [6.45, 7) is 12.5. The third-order valence-electron chi connectivity index (χ3n) is 7.05. The van der Waals surface area contributed by atoms with Crippen LogP contribution in [0.2, 0.25) is 0 Å². The van der Waals surface area contributed by atoms with Gasteiger partial charge < -0.3 is 23.8 Å². The summed E-state index contributed by atoms with van der Waals surface area (Å²) in [5, 5.41) is 15.7. The average molecular weight is 610 g/mol. The number of carbonyl (C=O) groups is 1. The van der Waals surface area contributed by atoms with Gasteiger partial charge in [0.15, 0.2) is 0 Å². The molecule has 0 saturated carbocycles. The average Bonchev–Trinajstić information content (AvgIpc) is 3.58. The van der Waals surface area contributed by atoms with Gasteiger partial charge in [0.2, 0.25) is 11.7 Å². The summed E-state index contributed by atoms with van der Waals surface area (Å²) in [4.78, 5) is 25.4. The molecule has 1 N–H and O–H groups in total. The predicted octanol–water partition coefficient (Wildman–Crippen LogP) is 4.32. The monoisotopic (exact) mass is 609 g/mol. The van der Waals surface area contributed by atoms with Gasteiger partial charge >= 0.3 is 5.97 Å². The number of carbonyl (C=O) groups excluding carboxylic acids is 1. The van der Waals surface area contributed by atoms with Gasteiger partial charge in [0.1, 0.15) is 29.8 Å². The van der Waals surface area contributed by atoms with Crippen LogP contribution in [-0.2, 0) is 16.1 Å². The van der Waals surface area contributed by atoms with Crippen LogP contribution < -0.4 is 9.47 Å². The third kappa shape index (κ3) is 8.73. The Morgan fingerprint density at radius 3 is 2.53 bits per heavy atom. The highest BCUT2D eigenvalue weighted by atomic mass is 32.1. The van der Waals surface area contributed by atoms with Gasteiger partial charge in [0, 0.05) is 44.4 Å². The summed E-state index contributed by atoms with van der Waals surface area (Å²) in [7, 11) is 0. The van der Waals surface area contributed by atoms with E-state index in [1.54, 1.807) is 18.3 Å². The number of aryl methyl sites for hydroxylation is 1. The van der Waals surface area contributed by atoms with Gasteiger partial charge in [-0.05, 0) is 64.1 Å². The van der Waals surface area contributed by atoms with Crippen LogP contribution in [0.3, 0.4) is 0 Å². The van der Waals surface area contributed by atoms with E-state index in [1.165, 1.54) is 0 Å². The number of esters is 1. The number of hydrogen-bond donors (Lipinski definition) is 1. The van der Waals surface area contributed by atoms with Crippen LogP contribution in [0.15, 0.2) is 47.0 Å². The van der Waals surface area contributed by atoms with Crippen LogP contribution in [0.4, 0.5) is 0 Å². The number of aliphatic hydroxyl groups excluding tert-OH is 1. The van der Waals surface area contributed by atoms with Crippen molar-refractivity contribution in [3.63, 3.8) is 0 Å². The molecule has 1 aliphatic rings. The van der Waals surface area contributed by atoms with Crippen LogP contribution in [0.1, 0.15) is 38.1 Å². The largest absolute Gasteiger partial charge is 0.491 e. The molecule has 5 rings (SSSR count). The van der Waals surface area contributed by atoms with Crippen molar-refractivity contribution in [3.05, 3.63) is 53.4 Å². The molecule has 11 nitrogen and oxygen atoms in total. The van der Waals surface area contributed by atoms with Gasteiger partial charge in [-0.1, -0.05) is 5.16 Å². The quantitative estimate of drug-likeness (QED) is 0.218. The summed E-state index contributed by atoms with van der Waals surface area (Å²) < 4.78 is 23.5. The van der Waals surface area contributed by atoms with Crippen LogP contribution in [0.25, 0.3) is 21.6 Å². The summed E-state index contributed by atoms with van der Waals surface area (Å²) >= 11 is 1.66. The molecule has 1 aliphatic heterocycles. The Morgan fingerprint density at radius 1 is 1.07 bits per heavy atom. The van der Waals surface area contributed by atoms with Gasteiger partial charge in [0.25, 0.3) is 0 Å². The zero-order valence-electron chi connectivity index (χ0n) is 25.1. The number of fused-ring (bicyclic) bond motifs is 1. The summed E-state index contributed by atoms with van der Waals surface area (Å²) in [5.74, 6) is 2.14. The molecule has 4 aromatic rings. The maximum atomic E-state index is 11.8. The lowest BCUT2D eigenvalue weighted by atomic mass is 10.1. The van der Waals surface area contributed by atoms with E-state index < -0.39 is 11.7 Å². The Hall–Kier alpha value is -3.58. The zero-order chi connectivity index (χ0) is 30.4. The number of aromatic nitrogens is 3. The summed E-state index contributed by atoms with van der Waals surface area (Å²) in [6, 6.07) is 13.3. The number of thiazole rings is 1. The lowest BCUT2D eigenvalue weighted by Crippen LogP contribution is -2.48. The SMILES string of the molecule is CCOC(=O)CC(C)(C)Oc1ccc(-c2noc(CN3CCN(C[C@H](O)COc4ccc5sc(C)nc5c4)CC3)n2)cc1. The van der Waals surface area contributed by atoms with Gasteiger partial charge in [0.05, 0.1) is 34.8 Å². The van der Waals surface area contributed by atoms with Gasteiger partial charge in [-0.3, -0.25) is 14.6 Å². The molecule has 230 valence electrons. The molecule has 1 saturated heterocycles. The van der Waals surface area contributed by atoms with E-state index in [2.05, 4.69) is 24.9 Å². The van der Waals surface area contributed by atoms with Crippen molar-refractivity contribution >= 4 is 27.5 Å². The fourth-order valence-electron chi connectivity index (χ4n) is 5.00. The fraction of sp³-hybridized carbons (Fsp3) is 0.484. The van der Waals surface area contributed by atoms with Crippen LogP contribution in [0, 0.1) is 6.92 Å². The molecule has 2 aromatic heterocycles. The second kappa shape index (κ2) is 13.8. The third-order valence-corrected chi connectivity index (χ3v) is 8.00. The first-order chi connectivity index (χ1) is 20.7. The topological polar surface area (TPSA) is 123 Å². The van der Waals surface area contributed by atoms with Crippen molar-refractivity contribution in [2.24, 2.45) is 0 Å². The van der Waals surface area contributed by atoms with Gasteiger partial charge in [-0.15, -0.1) is 11.3 Å². The Bertz CT molecular complexity index is 1500. The van der Waals surface area contributed by atoms with Crippen molar-refractivity contribution in [1.29, 1.82) is 0 Å². The number of benzene rings is 2. The second-order valence-electron chi connectivity index (χ2n) is 11.3. The molecule has 0 aliphatic carbocycles. The predicted molar refractivity (Wildman–Crippen MR) is 163 cm³/mol. The maximum Gasteiger partial charge on any atom is 0.309 e. The molecular weight excluding hydrogens is 570 g/mol. The van der Waals surface area contributed by atoms with Crippen molar-refractivity contribution < 1.29 is 28.6 Å². The van der Waals surface area contributed by atoms with Gasteiger partial charge in [-0.25, -0.2) is 4.98 Å². The first kappa shape index (κ1) is 30.9. The normalized spacial score (nSPS) is 15.5. The molecular formula is C31H39N5O6S. The van der Waals surface area contributed by atoms with Crippen molar-refractivity contribution in [2.45, 2.75) is 52.4 Å². The number of piperazine rings is 1. The molecule has 0 unspecified atom stereocenters. The molecule has 1 fully saturated rings. The van der Waals surface area contributed by atoms with Crippen LogP contribution in [-0.4, -0.2) is 93.6 Å². The van der Waals surface area contributed by atoms with Crippen molar-refractivity contribution in [3.8, 4) is 22.9 Å². The van der Waals surface area contributed by atoms with Gasteiger partial charge in [-0.2, -0.15) is 4.98 Å². The standard InChI is InChI=1S/C31H39N5O6S/c1-5-39-29(38)17-31(3,4)41-24-8-6-22(7-9-24)30-33-28(42-34-30)19-36-14-12-35(13-15-36)18-23(37)20-40-25-10-11-27-26(16-25)32-21(2)43-27/h6-11,16,23,37H,5,12-15,17-20H2,1-4H3/t23-/m0/s1. The van der Waals surface area contributed by atoms with Crippen LogP contribution in [0.5, 0.6) is 11.5 Å². The Morgan fingerprint density at radius 2 is 1.79 bits per heavy atom. The first-order valence-electron chi connectivity index (χ1n) is 14.6. The van der Waals surface area contributed by atoms with Crippen molar-refractivity contribution in [2.75, 3.05) is 45.9 Å². The summed E-state index contributed by atoms with van der Waals surface area (Å²) in [6.07, 6.45) is -0.427. The maximum absolute atomic E-state index is 11.8. The zero-order valence-corrected chi connectivity index (χ0v) is 25.9. The summed E-state index contributed by atoms with van der Waals surface area (Å²) in [5.41, 5.74) is 1.04. The molecule has 0 radical (unpaired) electrons. The molecule has 43 heavy (non-hydrogen) atoms.